The topological polar surface area (TPSA) is 88.2 Å². The van der Waals surface area contributed by atoms with Crippen molar-refractivity contribution in [1.29, 1.82) is 0 Å². The van der Waals surface area contributed by atoms with Crippen LogP contribution in [-0.2, 0) is 18.7 Å². The Balaban J connectivity index is 1.85. The number of rotatable bonds is 8. The Kier molecular flexibility index (Phi) is 6.39. The van der Waals surface area contributed by atoms with E-state index in [4.69, 9.17) is 4.52 Å². The molecule has 0 fully saturated rings. The van der Waals surface area contributed by atoms with Gasteiger partial charge in [-0.25, -0.2) is 0 Å². The minimum absolute atomic E-state index is 0.186. The predicted octanol–water partition coefficient (Wildman–Crippen LogP) is 2.57. The third kappa shape index (κ3) is 5.98. The summed E-state index contributed by atoms with van der Waals surface area (Å²) >= 11 is 1.61. The summed E-state index contributed by atoms with van der Waals surface area (Å²) in [5, 5.41) is 16.3. The summed E-state index contributed by atoms with van der Waals surface area (Å²) in [6.45, 7) is 3.79. The molecule has 0 radical (unpaired) electrons. The zero-order valence-electron chi connectivity index (χ0n) is 14.2. The SMILES string of the molecule is CSCc1noc(CNC(=O)c2ccc(CCC(C)(C)O)cc2)n1. The van der Waals surface area contributed by atoms with E-state index >= 15 is 0 Å². The lowest BCUT2D eigenvalue weighted by Crippen LogP contribution is -2.23. The first-order valence-electron chi connectivity index (χ1n) is 7.77. The summed E-state index contributed by atoms with van der Waals surface area (Å²) in [6, 6.07) is 7.37. The molecule has 0 saturated heterocycles. The Labute approximate surface area is 146 Å². The quantitative estimate of drug-likeness (QED) is 0.761. The monoisotopic (exact) mass is 349 g/mol. The van der Waals surface area contributed by atoms with Crippen LogP contribution in [-0.4, -0.2) is 33.0 Å². The average Bonchev–Trinajstić information content (AvgIpc) is 2.98. The van der Waals surface area contributed by atoms with E-state index in [0.717, 1.165) is 12.0 Å². The molecule has 24 heavy (non-hydrogen) atoms. The number of hydrogen-bond donors (Lipinski definition) is 2. The summed E-state index contributed by atoms with van der Waals surface area (Å²) in [7, 11) is 0. The number of carbonyl (C=O) groups is 1. The molecule has 0 atom stereocenters. The second-order valence-electron chi connectivity index (χ2n) is 6.23. The molecular formula is C17H23N3O3S. The molecule has 1 aromatic carbocycles. The maximum atomic E-state index is 12.1. The van der Waals surface area contributed by atoms with Gasteiger partial charge in [0.25, 0.3) is 5.91 Å². The Hall–Kier alpha value is -1.86. The van der Waals surface area contributed by atoms with E-state index in [2.05, 4.69) is 15.5 Å². The molecule has 2 aromatic rings. The lowest BCUT2D eigenvalue weighted by molar-refractivity contribution is 0.0713. The van der Waals surface area contributed by atoms with Gasteiger partial charge < -0.3 is 14.9 Å². The molecule has 1 heterocycles. The number of amides is 1. The summed E-state index contributed by atoms with van der Waals surface area (Å²) in [5.74, 6) is 1.52. The molecule has 130 valence electrons. The fourth-order valence-corrected chi connectivity index (χ4v) is 2.46. The van der Waals surface area contributed by atoms with Crippen molar-refractivity contribution >= 4 is 17.7 Å². The maximum absolute atomic E-state index is 12.1. The number of aryl methyl sites for hydroxylation is 1. The highest BCUT2D eigenvalue weighted by Crippen LogP contribution is 2.14. The molecule has 0 bridgehead atoms. The normalized spacial score (nSPS) is 11.5. The van der Waals surface area contributed by atoms with Gasteiger partial charge in [-0.1, -0.05) is 17.3 Å². The first-order valence-corrected chi connectivity index (χ1v) is 9.17. The molecule has 0 spiro atoms. The van der Waals surface area contributed by atoms with Crippen LogP contribution in [0.5, 0.6) is 0 Å². The Morgan fingerprint density at radius 1 is 1.33 bits per heavy atom. The number of benzene rings is 1. The van der Waals surface area contributed by atoms with Gasteiger partial charge in [0.15, 0.2) is 5.82 Å². The smallest absolute Gasteiger partial charge is 0.251 e. The molecule has 7 heteroatoms. The molecule has 2 N–H and O–H groups in total. The van der Waals surface area contributed by atoms with Crippen LogP contribution in [0.15, 0.2) is 28.8 Å². The maximum Gasteiger partial charge on any atom is 0.251 e. The van der Waals surface area contributed by atoms with Crippen molar-refractivity contribution in [1.82, 2.24) is 15.5 Å². The first kappa shape index (κ1) is 18.5. The molecule has 1 aromatic heterocycles. The Morgan fingerprint density at radius 2 is 2.04 bits per heavy atom. The number of nitrogens with one attached hydrogen (secondary N) is 1. The molecule has 0 aliphatic carbocycles. The van der Waals surface area contributed by atoms with Gasteiger partial charge in [0.1, 0.15) is 0 Å². The number of aromatic nitrogens is 2. The van der Waals surface area contributed by atoms with Crippen LogP contribution in [0.3, 0.4) is 0 Å². The minimum Gasteiger partial charge on any atom is -0.390 e. The number of carbonyl (C=O) groups excluding carboxylic acids is 1. The molecule has 0 aliphatic rings. The van der Waals surface area contributed by atoms with Gasteiger partial charge >= 0.3 is 0 Å². The molecular weight excluding hydrogens is 326 g/mol. The van der Waals surface area contributed by atoms with E-state index in [1.165, 1.54) is 0 Å². The molecule has 6 nitrogen and oxygen atoms in total. The standard InChI is InChI=1S/C17H23N3O3S/c1-17(2,22)9-8-12-4-6-13(7-5-12)16(21)18-10-15-19-14(11-24-3)20-23-15/h4-7,22H,8-11H2,1-3H3,(H,18,21). The van der Waals surface area contributed by atoms with Crippen molar-refractivity contribution in [2.75, 3.05) is 6.26 Å². The van der Waals surface area contributed by atoms with E-state index in [1.54, 1.807) is 37.7 Å². The zero-order valence-corrected chi connectivity index (χ0v) is 15.0. The van der Waals surface area contributed by atoms with Gasteiger partial charge in [0.05, 0.1) is 17.9 Å². The van der Waals surface area contributed by atoms with Gasteiger partial charge in [-0.05, 0) is 50.6 Å². The zero-order chi connectivity index (χ0) is 17.6. The molecule has 0 aliphatic heterocycles. The van der Waals surface area contributed by atoms with Crippen LogP contribution < -0.4 is 5.32 Å². The van der Waals surface area contributed by atoms with Gasteiger partial charge in [0, 0.05) is 5.56 Å². The molecule has 0 unspecified atom stereocenters. The third-order valence-electron chi connectivity index (χ3n) is 3.43. The number of nitrogens with zero attached hydrogens (tertiary/aromatic N) is 2. The predicted molar refractivity (Wildman–Crippen MR) is 93.7 cm³/mol. The summed E-state index contributed by atoms with van der Waals surface area (Å²) in [6.07, 6.45) is 3.41. The second-order valence-corrected chi connectivity index (χ2v) is 7.10. The number of aliphatic hydroxyl groups is 1. The van der Waals surface area contributed by atoms with E-state index in [9.17, 15) is 9.90 Å². The van der Waals surface area contributed by atoms with Crippen molar-refractivity contribution in [2.45, 2.75) is 44.6 Å². The highest BCUT2D eigenvalue weighted by Gasteiger charge is 2.13. The van der Waals surface area contributed by atoms with Crippen LogP contribution in [0, 0.1) is 0 Å². The fraction of sp³-hybridized carbons (Fsp3) is 0.471. The second kappa shape index (κ2) is 8.30. The van der Waals surface area contributed by atoms with Gasteiger partial charge in [-0.15, -0.1) is 0 Å². The first-order chi connectivity index (χ1) is 11.4. The van der Waals surface area contributed by atoms with Crippen molar-refractivity contribution < 1.29 is 14.4 Å². The largest absolute Gasteiger partial charge is 0.390 e. The Bertz CT molecular complexity index is 662. The van der Waals surface area contributed by atoms with Crippen LogP contribution in [0.2, 0.25) is 0 Å². The van der Waals surface area contributed by atoms with Crippen molar-refractivity contribution in [2.24, 2.45) is 0 Å². The third-order valence-corrected chi connectivity index (χ3v) is 3.97. The lowest BCUT2D eigenvalue weighted by atomic mass is 9.98. The van der Waals surface area contributed by atoms with Crippen molar-refractivity contribution in [3.8, 4) is 0 Å². The van der Waals surface area contributed by atoms with E-state index in [1.807, 2.05) is 18.4 Å². The van der Waals surface area contributed by atoms with Crippen LogP contribution in [0.4, 0.5) is 0 Å². The van der Waals surface area contributed by atoms with Gasteiger partial charge in [0.2, 0.25) is 5.89 Å². The summed E-state index contributed by atoms with van der Waals surface area (Å²) in [4.78, 5) is 16.3. The van der Waals surface area contributed by atoms with Crippen LogP contribution in [0.25, 0.3) is 0 Å². The lowest BCUT2D eigenvalue weighted by Gasteiger charge is -2.16. The van der Waals surface area contributed by atoms with E-state index in [0.29, 0.717) is 29.5 Å². The number of thioether (sulfide) groups is 1. The average molecular weight is 349 g/mol. The van der Waals surface area contributed by atoms with Crippen LogP contribution in [0.1, 0.15) is 47.9 Å². The molecule has 0 saturated carbocycles. The van der Waals surface area contributed by atoms with Gasteiger partial charge in [-0.3, -0.25) is 4.79 Å². The van der Waals surface area contributed by atoms with Crippen molar-refractivity contribution in [3.05, 3.63) is 47.1 Å². The highest BCUT2D eigenvalue weighted by atomic mass is 32.2. The Morgan fingerprint density at radius 3 is 2.67 bits per heavy atom. The van der Waals surface area contributed by atoms with Crippen LogP contribution >= 0.6 is 11.8 Å². The summed E-state index contributed by atoms with van der Waals surface area (Å²) in [5.41, 5.74) is 0.980. The minimum atomic E-state index is -0.685. The van der Waals surface area contributed by atoms with E-state index in [-0.39, 0.29) is 12.5 Å². The fourth-order valence-electron chi connectivity index (χ4n) is 2.08. The van der Waals surface area contributed by atoms with Gasteiger partial charge in [-0.2, -0.15) is 16.7 Å². The molecule has 1 amide bonds. The van der Waals surface area contributed by atoms with Crippen molar-refractivity contribution in [3.63, 3.8) is 0 Å². The highest BCUT2D eigenvalue weighted by molar-refractivity contribution is 7.97. The molecule has 2 rings (SSSR count). The van der Waals surface area contributed by atoms with E-state index < -0.39 is 5.60 Å². The summed E-state index contributed by atoms with van der Waals surface area (Å²) < 4.78 is 5.07. The number of hydrogen-bond acceptors (Lipinski definition) is 6.